The molecule has 0 unspecified atom stereocenters. The molecule has 5 N–H and O–H groups in total. The number of esters is 1. The summed E-state index contributed by atoms with van der Waals surface area (Å²) in [6.07, 6.45) is 1.09. The zero-order valence-electron chi connectivity index (χ0n) is 24.8. The van der Waals surface area contributed by atoms with Crippen LogP contribution in [0.25, 0.3) is 21.6 Å². The number of anilines is 1. The third kappa shape index (κ3) is 6.21. The van der Waals surface area contributed by atoms with Gasteiger partial charge in [0.2, 0.25) is 0 Å². The van der Waals surface area contributed by atoms with E-state index in [1.54, 1.807) is 29.5 Å². The topological polar surface area (TPSA) is 153 Å². The number of hydrogen-bond donors (Lipinski definition) is 4. The standard InChI is InChI=1S/C33H34N4O6S/c1-18-13-20(17-34)14-19(2)28(18)37-31(39)24-15-25-27(43-11-7-21-8-12-44-30(21)25)16-23(24)22-5-6-26(32(40)35-9-4-10-38)36-29(22)33(41)42-3/h5-6,8,12-16,38H,4,7,9-11,17,34H2,1-3H3,(H,35,40)(H,37,39). The second-order valence-corrected chi connectivity index (χ2v) is 11.4. The van der Waals surface area contributed by atoms with Crippen LogP contribution in [0.4, 0.5) is 5.69 Å². The lowest BCUT2D eigenvalue weighted by molar-refractivity contribution is 0.0594. The molecule has 1 aliphatic rings. The van der Waals surface area contributed by atoms with Gasteiger partial charge in [0.1, 0.15) is 11.4 Å². The van der Waals surface area contributed by atoms with E-state index in [9.17, 15) is 14.4 Å². The molecular formula is C33H34N4O6S. The number of carbonyl (C=O) groups excluding carboxylic acids is 3. The summed E-state index contributed by atoms with van der Waals surface area (Å²) in [4.78, 5) is 45.3. The van der Waals surface area contributed by atoms with Crippen molar-refractivity contribution in [3.8, 4) is 27.3 Å². The maximum absolute atomic E-state index is 14.2. The Morgan fingerprint density at radius 1 is 1.05 bits per heavy atom. The number of amides is 2. The number of nitrogens with zero attached hydrogens (tertiary/aromatic N) is 1. The molecule has 228 valence electrons. The number of pyridine rings is 1. The average molecular weight is 615 g/mol. The summed E-state index contributed by atoms with van der Waals surface area (Å²) in [5.41, 5.74) is 12.0. The number of fused-ring (bicyclic) bond motifs is 3. The molecule has 10 nitrogen and oxygen atoms in total. The number of aromatic nitrogens is 1. The van der Waals surface area contributed by atoms with E-state index in [0.717, 1.165) is 32.7 Å². The SMILES string of the molecule is COC(=O)c1nc(C(=O)NCCCO)ccc1-c1cc2c(cc1C(=O)Nc1c(C)cc(CN)cc1C)-c1sccc1CCO2. The van der Waals surface area contributed by atoms with Gasteiger partial charge >= 0.3 is 5.97 Å². The summed E-state index contributed by atoms with van der Waals surface area (Å²) >= 11 is 1.57. The van der Waals surface area contributed by atoms with E-state index in [2.05, 4.69) is 21.7 Å². The van der Waals surface area contributed by atoms with Gasteiger partial charge < -0.3 is 30.9 Å². The molecule has 11 heteroatoms. The normalized spacial score (nSPS) is 11.9. The number of methoxy groups -OCH3 is 1. The first-order chi connectivity index (χ1) is 21.2. The molecule has 2 amide bonds. The minimum absolute atomic E-state index is 0.00132. The van der Waals surface area contributed by atoms with E-state index in [0.29, 0.717) is 54.1 Å². The van der Waals surface area contributed by atoms with E-state index in [1.165, 1.54) is 13.2 Å². The van der Waals surface area contributed by atoms with E-state index in [1.807, 2.05) is 31.4 Å². The molecule has 0 fully saturated rings. The Kier molecular flexibility index (Phi) is 9.38. The molecule has 0 aliphatic carbocycles. The highest BCUT2D eigenvalue weighted by Crippen LogP contribution is 2.43. The second-order valence-electron chi connectivity index (χ2n) is 10.4. The first-order valence-electron chi connectivity index (χ1n) is 14.2. The lowest BCUT2D eigenvalue weighted by Gasteiger charge is -2.19. The van der Waals surface area contributed by atoms with Crippen LogP contribution in [0, 0.1) is 13.8 Å². The third-order valence-electron chi connectivity index (χ3n) is 7.47. The van der Waals surface area contributed by atoms with Crippen molar-refractivity contribution in [3.05, 3.63) is 87.0 Å². The summed E-state index contributed by atoms with van der Waals surface area (Å²) in [5, 5.41) is 16.8. The predicted molar refractivity (Wildman–Crippen MR) is 169 cm³/mol. The number of thiophene rings is 1. The van der Waals surface area contributed by atoms with Gasteiger partial charge in [-0.15, -0.1) is 11.3 Å². The number of nitrogens with two attached hydrogens (primary N) is 1. The Bertz CT molecular complexity index is 1730. The van der Waals surface area contributed by atoms with Crippen LogP contribution in [0.2, 0.25) is 0 Å². The number of carbonyl (C=O) groups is 3. The van der Waals surface area contributed by atoms with Gasteiger partial charge in [-0.3, -0.25) is 9.59 Å². The Morgan fingerprint density at radius 3 is 2.52 bits per heavy atom. The van der Waals surface area contributed by atoms with E-state index < -0.39 is 17.8 Å². The van der Waals surface area contributed by atoms with Crippen LogP contribution in [0.3, 0.4) is 0 Å². The van der Waals surface area contributed by atoms with Gasteiger partial charge in [0.05, 0.1) is 13.7 Å². The maximum atomic E-state index is 14.2. The summed E-state index contributed by atoms with van der Waals surface area (Å²) in [5.74, 6) is -1.09. The monoisotopic (exact) mass is 614 g/mol. The fraction of sp³-hybridized carbons (Fsp3) is 0.273. The lowest BCUT2D eigenvalue weighted by atomic mass is 9.93. The molecule has 4 aromatic rings. The zero-order chi connectivity index (χ0) is 31.4. The summed E-state index contributed by atoms with van der Waals surface area (Å²) in [6.45, 7) is 4.82. The molecule has 0 radical (unpaired) electrons. The van der Waals surface area contributed by atoms with Crippen LogP contribution < -0.4 is 21.1 Å². The number of aliphatic hydroxyl groups excluding tert-OH is 1. The van der Waals surface area contributed by atoms with Crippen LogP contribution in [0.5, 0.6) is 5.75 Å². The van der Waals surface area contributed by atoms with E-state index >= 15 is 0 Å². The third-order valence-corrected chi connectivity index (χ3v) is 8.46. The van der Waals surface area contributed by atoms with Gasteiger partial charge in [0.15, 0.2) is 5.69 Å². The smallest absolute Gasteiger partial charge is 0.357 e. The van der Waals surface area contributed by atoms with Crippen molar-refractivity contribution >= 4 is 34.8 Å². The number of aryl methyl sites for hydroxylation is 2. The molecular weight excluding hydrogens is 580 g/mol. The van der Waals surface area contributed by atoms with Gasteiger partial charge in [0.25, 0.3) is 11.8 Å². The number of rotatable bonds is 9. The highest BCUT2D eigenvalue weighted by molar-refractivity contribution is 7.13. The molecule has 5 rings (SSSR count). The minimum atomic E-state index is -0.767. The molecule has 3 heterocycles. The average Bonchev–Trinajstić information content (AvgIpc) is 3.43. The maximum Gasteiger partial charge on any atom is 0.357 e. The molecule has 0 saturated heterocycles. The Labute approximate surface area is 259 Å². The van der Waals surface area contributed by atoms with Crippen molar-refractivity contribution < 1.29 is 29.0 Å². The Balaban J connectivity index is 1.67. The van der Waals surface area contributed by atoms with Crippen molar-refractivity contribution in [3.63, 3.8) is 0 Å². The lowest BCUT2D eigenvalue weighted by Crippen LogP contribution is -2.26. The van der Waals surface area contributed by atoms with Crippen LogP contribution in [-0.2, 0) is 17.7 Å². The number of ether oxygens (including phenoxy) is 2. The van der Waals surface area contributed by atoms with Gasteiger partial charge in [-0.2, -0.15) is 0 Å². The molecule has 1 aliphatic heterocycles. The van der Waals surface area contributed by atoms with E-state index in [4.69, 9.17) is 20.3 Å². The Morgan fingerprint density at radius 2 is 1.82 bits per heavy atom. The van der Waals surface area contributed by atoms with Gasteiger partial charge in [-0.1, -0.05) is 12.1 Å². The highest BCUT2D eigenvalue weighted by atomic mass is 32.1. The van der Waals surface area contributed by atoms with E-state index in [-0.39, 0.29) is 24.5 Å². The molecule has 2 aromatic heterocycles. The first kappa shape index (κ1) is 30.9. The quantitative estimate of drug-likeness (QED) is 0.157. The number of nitrogens with one attached hydrogen (secondary N) is 2. The van der Waals surface area contributed by atoms with Crippen molar-refractivity contribution in [2.75, 3.05) is 32.2 Å². The van der Waals surface area contributed by atoms with Crippen LogP contribution in [-0.4, -0.2) is 54.7 Å². The minimum Gasteiger partial charge on any atom is -0.493 e. The number of aliphatic hydroxyl groups is 1. The van der Waals surface area contributed by atoms with Gasteiger partial charge in [0, 0.05) is 58.9 Å². The molecule has 0 spiro atoms. The van der Waals surface area contributed by atoms with Gasteiger partial charge in [-0.25, -0.2) is 9.78 Å². The summed E-state index contributed by atoms with van der Waals surface area (Å²) in [7, 11) is 1.23. The van der Waals surface area contributed by atoms with Crippen LogP contribution >= 0.6 is 11.3 Å². The molecule has 0 bridgehead atoms. The van der Waals surface area contributed by atoms with Crippen LogP contribution in [0.1, 0.15) is 60.0 Å². The number of hydrogen-bond acceptors (Lipinski definition) is 9. The van der Waals surface area contributed by atoms with Crippen LogP contribution in [0.15, 0.2) is 47.8 Å². The first-order valence-corrected chi connectivity index (χ1v) is 15.1. The molecule has 0 saturated carbocycles. The molecule has 2 aromatic carbocycles. The largest absolute Gasteiger partial charge is 0.493 e. The second kappa shape index (κ2) is 13.4. The number of benzene rings is 2. The Hall–Kier alpha value is -4.58. The van der Waals surface area contributed by atoms with Crippen molar-refractivity contribution in [2.45, 2.75) is 33.2 Å². The zero-order valence-corrected chi connectivity index (χ0v) is 25.6. The van der Waals surface area contributed by atoms with Crippen molar-refractivity contribution in [1.82, 2.24) is 10.3 Å². The highest BCUT2D eigenvalue weighted by Gasteiger charge is 2.27. The fourth-order valence-corrected chi connectivity index (χ4v) is 6.28. The summed E-state index contributed by atoms with van der Waals surface area (Å²) < 4.78 is 11.2. The van der Waals surface area contributed by atoms with Gasteiger partial charge in [-0.05, 0) is 78.2 Å². The summed E-state index contributed by atoms with van der Waals surface area (Å²) in [6, 6.07) is 12.5. The molecule has 0 atom stereocenters. The fourth-order valence-electron chi connectivity index (χ4n) is 5.30. The molecule has 44 heavy (non-hydrogen) atoms. The van der Waals surface area contributed by atoms with Crippen molar-refractivity contribution in [1.29, 1.82) is 0 Å². The van der Waals surface area contributed by atoms with Crippen molar-refractivity contribution in [2.24, 2.45) is 5.73 Å². The predicted octanol–water partition coefficient (Wildman–Crippen LogP) is 4.64.